The molecule has 0 aliphatic rings. The van der Waals surface area contributed by atoms with Crippen LogP contribution in [0.1, 0.15) is 17.5 Å². The molecule has 1 aromatic heterocycles. The van der Waals surface area contributed by atoms with Crippen molar-refractivity contribution < 1.29 is 23.7 Å². The van der Waals surface area contributed by atoms with E-state index in [1.54, 1.807) is 6.07 Å². The largest absolute Gasteiger partial charge is 0.457 e. The van der Waals surface area contributed by atoms with Crippen LogP contribution in [0.15, 0.2) is 47.1 Å². The van der Waals surface area contributed by atoms with Gasteiger partial charge in [-0.2, -0.15) is 0 Å². The first-order valence-electron chi connectivity index (χ1n) is 6.28. The number of anilines is 1. The van der Waals surface area contributed by atoms with E-state index in [-0.39, 0.29) is 17.1 Å². The molecule has 1 N–H and O–H groups in total. The SMILES string of the molecule is C[C@@H](OC(=O)c1ccco1)C(=O)Nc1ccccc1[N+](=O)[O-]. The summed E-state index contributed by atoms with van der Waals surface area (Å²) < 4.78 is 9.76. The molecule has 0 saturated heterocycles. The molecule has 1 heterocycles. The van der Waals surface area contributed by atoms with Crippen LogP contribution in [0.2, 0.25) is 0 Å². The van der Waals surface area contributed by atoms with Crippen LogP contribution in [0.4, 0.5) is 11.4 Å². The number of ether oxygens (including phenoxy) is 1. The van der Waals surface area contributed by atoms with Crippen LogP contribution in [0.25, 0.3) is 0 Å². The first-order chi connectivity index (χ1) is 10.5. The van der Waals surface area contributed by atoms with Crippen molar-refractivity contribution in [1.82, 2.24) is 0 Å². The Morgan fingerprint density at radius 1 is 1.27 bits per heavy atom. The van der Waals surface area contributed by atoms with Gasteiger partial charge in [0, 0.05) is 6.07 Å². The number of furan rings is 1. The zero-order valence-corrected chi connectivity index (χ0v) is 11.5. The lowest BCUT2D eigenvalue weighted by Gasteiger charge is -2.12. The molecule has 2 rings (SSSR count). The third kappa shape index (κ3) is 3.48. The van der Waals surface area contributed by atoms with E-state index in [2.05, 4.69) is 5.32 Å². The van der Waals surface area contributed by atoms with Crippen LogP contribution in [0, 0.1) is 10.1 Å². The monoisotopic (exact) mass is 304 g/mol. The van der Waals surface area contributed by atoms with Crippen LogP contribution in [-0.4, -0.2) is 22.9 Å². The van der Waals surface area contributed by atoms with E-state index in [0.717, 1.165) is 0 Å². The van der Waals surface area contributed by atoms with Crippen molar-refractivity contribution in [2.45, 2.75) is 13.0 Å². The Labute approximate surface area is 124 Å². The molecule has 8 heteroatoms. The lowest BCUT2D eigenvalue weighted by Crippen LogP contribution is -2.30. The number of rotatable bonds is 5. The van der Waals surface area contributed by atoms with E-state index < -0.39 is 22.9 Å². The van der Waals surface area contributed by atoms with Gasteiger partial charge < -0.3 is 14.5 Å². The second-order valence-corrected chi connectivity index (χ2v) is 4.29. The maximum Gasteiger partial charge on any atom is 0.374 e. The molecule has 1 aromatic carbocycles. The normalized spacial score (nSPS) is 11.5. The number of nitro groups is 1. The van der Waals surface area contributed by atoms with Gasteiger partial charge in [0.2, 0.25) is 5.76 Å². The highest BCUT2D eigenvalue weighted by atomic mass is 16.6. The fraction of sp³-hybridized carbons (Fsp3) is 0.143. The number of para-hydroxylation sites is 2. The van der Waals surface area contributed by atoms with E-state index in [1.807, 2.05) is 0 Å². The molecule has 2 aromatic rings. The number of hydrogen-bond donors (Lipinski definition) is 1. The first kappa shape index (κ1) is 15.2. The second-order valence-electron chi connectivity index (χ2n) is 4.29. The minimum atomic E-state index is -1.14. The summed E-state index contributed by atoms with van der Waals surface area (Å²) in [6, 6.07) is 8.58. The quantitative estimate of drug-likeness (QED) is 0.515. The third-order valence-corrected chi connectivity index (χ3v) is 2.73. The molecule has 0 aliphatic carbocycles. The van der Waals surface area contributed by atoms with Gasteiger partial charge in [-0.3, -0.25) is 14.9 Å². The van der Waals surface area contributed by atoms with E-state index >= 15 is 0 Å². The minimum absolute atomic E-state index is 0.0263. The summed E-state index contributed by atoms with van der Waals surface area (Å²) in [7, 11) is 0. The van der Waals surface area contributed by atoms with Gasteiger partial charge in [-0.1, -0.05) is 12.1 Å². The van der Waals surface area contributed by atoms with Crippen LogP contribution in [0.3, 0.4) is 0 Å². The zero-order chi connectivity index (χ0) is 16.1. The summed E-state index contributed by atoms with van der Waals surface area (Å²) in [4.78, 5) is 33.8. The van der Waals surface area contributed by atoms with E-state index in [9.17, 15) is 19.7 Å². The second kappa shape index (κ2) is 6.53. The molecule has 0 unspecified atom stereocenters. The van der Waals surface area contributed by atoms with Crippen LogP contribution >= 0.6 is 0 Å². The summed E-state index contributed by atoms with van der Waals surface area (Å²) in [5, 5.41) is 13.2. The summed E-state index contributed by atoms with van der Waals surface area (Å²) >= 11 is 0. The van der Waals surface area contributed by atoms with Crippen molar-refractivity contribution in [3.63, 3.8) is 0 Å². The van der Waals surface area contributed by atoms with Crippen LogP contribution in [0.5, 0.6) is 0 Å². The van der Waals surface area contributed by atoms with Gasteiger partial charge >= 0.3 is 5.97 Å². The average Bonchev–Trinajstić information content (AvgIpc) is 3.01. The number of nitrogens with one attached hydrogen (secondary N) is 1. The van der Waals surface area contributed by atoms with Crippen molar-refractivity contribution in [3.8, 4) is 0 Å². The Morgan fingerprint density at radius 3 is 2.64 bits per heavy atom. The van der Waals surface area contributed by atoms with Gasteiger partial charge in [0.15, 0.2) is 6.10 Å². The predicted molar refractivity (Wildman–Crippen MR) is 75.3 cm³/mol. The standard InChI is InChI=1S/C14H12N2O6/c1-9(22-14(18)12-7-4-8-21-12)13(17)15-10-5-2-3-6-11(10)16(19)20/h2-9H,1H3,(H,15,17)/t9-/m1/s1. The summed E-state index contributed by atoms with van der Waals surface area (Å²) in [6.07, 6.45) is 0.159. The lowest BCUT2D eigenvalue weighted by atomic mass is 10.2. The number of hydrogen-bond acceptors (Lipinski definition) is 6. The van der Waals surface area contributed by atoms with Gasteiger partial charge in [-0.15, -0.1) is 0 Å². The molecule has 0 spiro atoms. The van der Waals surface area contributed by atoms with Gasteiger partial charge in [0.25, 0.3) is 11.6 Å². The summed E-state index contributed by atoms with van der Waals surface area (Å²) in [6.45, 7) is 1.35. The van der Waals surface area contributed by atoms with Gasteiger partial charge in [0.1, 0.15) is 5.69 Å². The van der Waals surface area contributed by atoms with Gasteiger partial charge in [-0.05, 0) is 25.1 Å². The van der Waals surface area contributed by atoms with Crippen molar-refractivity contribution in [1.29, 1.82) is 0 Å². The molecule has 1 atom stereocenters. The Morgan fingerprint density at radius 2 is 2.00 bits per heavy atom. The van der Waals surface area contributed by atoms with E-state index in [0.29, 0.717) is 0 Å². The zero-order valence-electron chi connectivity index (χ0n) is 11.5. The number of nitro benzene ring substituents is 1. The highest BCUT2D eigenvalue weighted by molar-refractivity contribution is 5.98. The number of carbonyl (C=O) groups excluding carboxylic acids is 2. The molecule has 114 valence electrons. The molecule has 0 radical (unpaired) electrons. The Kier molecular flexibility index (Phi) is 4.52. The lowest BCUT2D eigenvalue weighted by molar-refractivity contribution is -0.383. The van der Waals surface area contributed by atoms with Crippen molar-refractivity contribution in [2.75, 3.05) is 5.32 Å². The smallest absolute Gasteiger partial charge is 0.374 e. The van der Waals surface area contributed by atoms with Gasteiger partial charge in [-0.25, -0.2) is 4.79 Å². The Bertz CT molecular complexity index is 695. The average molecular weight is 304 g/mol. The van der Waals surface area contributed by atoms with E-state index in [1.165, 1.54) is 43.5 Å². The molecular weight excluding hydrogens is 292 g/mol. The predicted octanol–water partition coefficient (Wildman–Crippen LogP) is 2.37. The van der Waals surface area contributed by atoms with Crippen LogP contribution in [-0.2, 0) is 9.53 Å². The van der Waals surface area contributed by atoms with Crippen molar-refractivity contribution in [2.24, 2.45) is 0 Å². The molecule has 1 amide bonds. The Hall–Kier alpha value is -3.16. The van der Waals surface area contributed by atoms with Gasteiger partial charge in [0.05, 0.1) is 11.2 Å². The fourth-order valence-electron chi connectivity index (χ4n) is 1.64. The number of benzene rings is 1. The highest BCUT2D eigenvalue weighted by Crippen LogP contribution is 2.23. The molecule has 0 saturated carbocycles. The first-order valence-corrected chi connectivity index (χ1v) is 6.28. The molecule has 22 heavy (non-hydrogen) atoms. The van der Waals surface area contributed by atoms with Crippen LogP contribution < -0.4 is 5.32 Å². The highest BCUT2D eigenvalue weighted by Gasteiger charge is 2.23. The fourth-order valence-corrected chi connectivity index (χ4v) is 1.64. The third-order valence-electron chi connectivity index (χ3n) is 2.73. The Balaban J connectivity index is 2.03. The maximum atomic E-state index is 12.0. The number of nitrogens with zero attached hydrogens (tertiary/aromatic N) is 1. The molecular formula is C14H12N2O6. The number of amides is 1. The summed E-state index contributed by atoms with van der Waals surface area (Å²) in [5.74, 6) is -1.52. The van der Waals surface area contributed by atoms with Crippen molar-refractivity contribution in [3.05, 3.63) is 58.5 Å². The minimum Gasteiger partial charge on any atom is -0.457 e. The molecule has 0 bridgehead atoms. The number of esters is 1. The molecule has 8 nitrogen and oxygen atoms in total. The molecule has 0 aliphatic heterocycles. The van der Waals surface area contributed by atoms with Crippen molar-refractivity contribution >= 4 is 23.3 Å². The maximum absolute atomic E-state index is 12.0. The summed E-state index contributed by atoms with van der Waals surface area (Å²) in [5.41, 5.74) is -0.223. The topological polar surface area (TPSA) is 112 Å². The van der Waals surface area contributed by atoms with E-state index in [4.69, 9.17) is 9.15 Å². The molecule has 0 fully saturated rings. The number of carbonyl (C=O) groups is 2.